The summed E-state index contributed by atoms with van der Waals surface area (Å²) in [4.78, 5) is 24.3. The number of amides is 1. The summed E-state index contributed by atoms with van der Waals surface area (Å²) in [5.74, 6) is -0.305. The van der Waals surface area contributed by atoms with Crippen molar-refractivity contribution in [1.82, 2.24) is 4.90 Å². The zero-order valence-corrected chi connectivity index (χ0v) is 10.7. The zero-order chi connectivity index (χ0) is 13.1. The molecule has 0 aromatic carbocycles. The average molecular weight is 243 g/mol. The number of hydrogen-bond donors (Lipinski definition) is 1. The molecule has 0 spiro atoms. The highest BCUT2D eigenvalue weighted by Gasteiger charge is 2.45. The number of β-amino-alcohol motifs (C(OH)–C–C–N with tert-alkyl or cyclic N) is 1. The van der Waals surface area contributed by atoms with Crippen LogP contribution in [-0.4, -0.2) is 47.2 Å². The van der Waals surface area contributed by atoms with Crippen LogP contribution in [0.4, 0.5) is 0 Å². The van der Waals surface area contributed by atoms with Crippen LogP contribution in [0.25, 0.3) is 0 Å². The highest BCUT2D eigenvalue weighted by molar-refractivity contribution is 5.82. The minimum Gasteiger partial charge on any atom is -0.466 e. The number of esters is 1. The van der Waals surface area contributed by atoms with Crippen LogP contribution in [0.3, 0.4) is 0 Å². The topological polar surface area (TPSA) is 66.8 Å². The molecule has 1 rings (SSSR count). The molecule has 1 saturated heterocycles. The summed E-state index contributed by atoms with van der Waals surface area (Å²) in [6, 6.07) is 0. The Morgan fingerprint density at radius 2 is 1.94 bits per heavy atom. The standard InChI is InChI=1S/C12H21NO4/c1-4-17-11(15)6-5-10(14)13-7-12(16,8-13)9(2)3/h9,16H,4-8H2,1-3H3. The van der Waals surface area contributed by atoms with E-state index in [1.54, 1.807) is 11.8 Å². The first-order valence-electron chi connectivity index (χ1n) is 6.05. The lowest BCUT2D eigenvalue weighted by molar-refractivity contribution is -0.165. The molecule has 0 aliphatic carbocycles. The predicted octanol–water partition coefficient (Wildman–Crippen LogP) is 0.559. The van der Waals surface area contributed by atoms with Crippen LogP contribution in [-0.2, 0) is 14.3 Å². The summed E-state index contributed by atoms with van der Waals surface area (Å²) in [5.41, 5.74) is -0.750. The van der Waals surface area contributed by atoms with Gasteiger partial charge in [-0.05, 0) is 12.8 Å². The summed E-state index contributed by atoms with van der Waals surface area (Å²) < 4.78 is 4.74. The zero-order valence-electron chi connectivity index (χ0n) is 10.7. The lowest BCUT2D eigenvalue weighted by Crippen LogP contribution is -2.65. The Labute approximate surface area is 102 Å². The van der Waals surface area contributed by atoms with Crippen molar-refractivity contribution in [1.29, 1.82) is 0 Å². The normalized spacial score (nSPS) is 17.8. The number of likely N-dealkylation sites (tertiary alicyclic amines) is 1. The molecular formula is C12H21NO4. The Hall–Kier alpha value is -1.10. The first-order valence-corrected chi connectivity index (χ1v) is 6.05. The van der Waals surface area contributed by atoms with Crippen LogP contribution >= 0.6 is 0 Å². The van der Waals surface area contributed by atoms with Gasteiger partial charge in [0.25, 0.3) is 0 Å². The number of rotatable bonds is 5. The second kappa shape index (κ2) is 5.49. The van der Waals surface area contributed by atoms with E-state index in [0.717, 1.165) is 0 Å². The fourth-order valence-electron chi connectivity index (χ4n) is 1.76. The number of ether oxygens (including phenoxy) is 1. The van der Waals surface area contributed by atoms with Crippen molar-refractivity contribution in [2.45, 2.75) is 39.2 Å². The molecule has 5 nitrogen and oxygen atoms in total. The maximum absolute atomic E-state index is 11.7. The predicted molar refractivity (Wildman–Crippen MR) is 62.2 cm³/mol. The molecule has 98 valence electrons. The molecule has 0 aromatic rings. The molecule has 0 bridgehead atoms. The van der Waals surface area contributed by atoms with Gasteiger partial charge in [0.2, 0.25) is 5.91 Å². The maximum atomic E-state index is 11.7. The number of nitrogens with zero attached hydrogens (tertiary/aromatic N) is 1. The molecule has 1 N–H and O–H groups in total. The van der Waals surface area contributed by atoms with E-state index >= 15 is 0 Å². The van der Waals surface area contributed by atoms with E-state index in [9.17, 15) is 14.7 Å². The van der Waals surface area contributed by atoms with Gasteiger partial charge in [-0.1, -0.05) is 13.8 Å². The first kappa shape index (κ1) is 14.0. The van der Waals surface area contributed by atoms with Gasteiger partial charge in [-0.3, -0.25) is 9.59 Å². The Morgan fingerprint density at radius 3 is 2.41 bits per heavy atom. The summed E-state index contributed by atoms with van der Waals surface area (Å²) in [7, 11) is 0. The Bertz CT molecular complexity index is 295. The average Bonchev–Trinajstić information content (AvgIpc) is 2.21. The van der Waals surface area contributed by atoms with Crippen LogP contribution in [0.15, 0.2) is 0 Å². The molecule has 0 radical (unpaired) electrons. The SMILES string of the molecule is CCOC(=O)CCC(=O)N1CC(O)(C(C)C)C1. The number of carbonyl (C=O) groups excluding carboxylic acids is 2. The molecular weight excluding hydrogens is 222 g/mol. The molecule has 17 heavy (non-hydrogen) atoms. The highest BCUT2D eigenvalue weighted by Crippen LogP contribution is 2.28. The molecule has 0 aromatic heterocycles. The molecule has 0 atom stereocenters. The second-order valence-corrected chi connectivity index (χ2v) is 4.81. The van der Waals surface area contributed by atoms with Crippen LogP contribution < -0.4 is 0 Å². The Kier molecular flexibility index (Phi) is 4.51. The molecule has 5 heteroatoms. The fourth-order valence-corrected chi connectivity index (χ4v) is 1.76. The number of carbonyl (C=O) groups is 2. The van der Waals surface area contributed by atoms with Gasteiger partial charge >= 0.3 is 5.97 Å². The Morgan fingerprint density at radius 1 is 1.35 bits per heavy atom. The van der Waals surface area contributed by atoms with Gasteiger partial charge in [0.05, 0.1) is 26.1 Å². The van der Waals surface area contributed by atoms with Crippen molar-refractivity contribution in [3.63, 3.8) is 0 Å². The molecule has 1 aliphatic rings. The molecule has 1 heterocycles. The van der Waals surface area contributed by atoms with Crippen molar-refractivity contribution in [3.8, 4) is 0 Å². The van der Waals surface area contributed by atoms with Gasteiger partial charge in [0.15, 0.2) is 0 Å². The smallest absolute Gasteiger partial charge is 0.306 e. The lowest BCUT2D eigenvalue weighted by Gasteiger charge is -2.49. The monoisotopic (exact) mass is 243 g/mol. The number of aliphatic hydroxyl groups is 1. The van der Waals surface area contributed by atoms with Gasteiger partial charge in [0, 0.05) is 6.42 Å². The fraction of sp³-hybridized carbons (Fsp3) is 0.833. The highest BCUT2D eigenvalue weighted by atomic mass is 16.5. The third-order valence-electron chi connectivity index (χ3n) is 3.21. The summed E-state index contributed by atoms with van der Waals surface area (Å²) in [5, 5.41) is 9.98. The largest absolute Gasteiger partial charge is 0.466 e. The molecule has 0 unspecified atom stereocenters. The molecule has 1 fully saturated rings. The second-order valence-electron chi connectivity index (χ2n) is 4.81. The van der Waals surface area contributed by atoms with Gasteiger partial charge in [-0.25, -0.2) is 0 Å². The van der Waals surface area contributed by atoms with Crippen LogP contribution in [0, 0.1) is 5.92 Å². The maximum Gasteiger partial charge on any atom is 0.306 e. The van der Waals surface area contributed by atoms with Crippen molar-refractivity contribution in [3.05, 3.63) is 0 Å². The van der Waals surface area contributed by atoms with Crippen LogP contribution in [0.5, 0.6) is 0 Å². The third-order valence-corrected chi connectivity index (χ3v) is 3.21. The minimum atomic E-state index is -0.750. The first-order chi connectivity index (χ1) is 7.89. The van der Waals surface area contributed by atoms with E-state index in [0.29, 0.717) is 19.7 Å². The van der Waals surface area contributed by atoms with Crippen molar-refractivity contribution in [2.75, 3.05) is 19.7 Å². The van der Waals surface area contributed by atoms with E-state index < -0.39 is 5.60 Å². The molecule has 1 amide bonds. The van der Waals surface area contributed by atoms with Gasteiger partial charge in [-0.15, -0.1) is 0 Å². The van der Waals surface area contributed by atoms with Crippen LogP contribution in [0.1, 0.15) is 33.6 Å². The van der Waals surface area contributed by atoms with Gasteiger partial charge in [0.1, 0.15) is 5.60 Å². The summed E-state index contributed by atoms with van der Waals surface area (Å²) in [6.45, 7) is 6.67. The van der Waals surface area contributed by atoms with E-state index in [2.05, 4.69) is 0 Å². The van der Waals surface area contributed by atoms with Gasteiger partial charge < -0.3 is 14.7 Å². The third kappa shape index (κ3) is 3.43. The summed E-state index contributed by atoms with van der Waals surface area (Å²) in [6.07, 6.45) is 0.274. The Balaban J connectivity index is 2.26. The molecule has 0 saturated carbocycles. The van der Waals surface area contributed by atoms with Crippen molar-refractivity contribution >= 4 is 11.9 Å². The number of hydrogen-bond acceptors (Lipinski definition) is 4. The molecule has 1 aliphatic heterocycles. The van der Waals surface area contributed by atoms with E-state index in [-0.39, 0.29) is 30.6 Å². The van der Waals surface area contributed by atoms with E-state index in [4.69, 9.17) is 4.74 Å². The minimum absolute atomic E-state index is 0.0941. The van der Waals surface area contributed by atoms with Crippen molar-refractivity contribution < 1.29 is 19.4 Å². The van der Waals surface area contributed by atoms with Crippen molar-refractivity contribution in [2.24, 2.45) is 5.92 Å². The van der Waals surface area contributed by atoms with E-state index in [1.165, 1.54) is 0 Å². The lowest BCUT2D eigenvalue weighted by atomic mass is 9.83. The quantitative estimate of drug-likeness (QED) is 0.716. The summed E-state index contributed by atoms with van der Waals surface area (Å²) >= 11 is 0. The van der Waals surface area contributed by atoms with Gasteiger partial charge in [-0.2, -0.15) is 0 Å². The van der Waals surface area contributed by atoms with Crippen LogP contribution in [0.2, 0.25) is 0 Å². The van der Waals surface area contributed by atoms with E-state index in [1.807, 2.05) is 13.8 Å².